The Morgan fingerprint density at radius 2 is 1.88 bits per heavy atom. The van der Waals surface area contributed by atoms with Crippen molar-refractivity contribution in [2.24, 2.45) is 0 Å². The number of fused-ring (bicyclic) bond motifs is 2. The summed E-state index contributed by atoms with van der Waals surface area (Å²) in [5, 5.41) is 3.39. The van der Waals surface area contributed by atoms with Crippen LogP contribution in [0.1, 0.15) is 49.7 Å². The van der Waals surface area contributed by atoms with E-state index in [4.69, 9.17) is 4.98 Å². The summed E-state index contributed by atoms with van der Waals surface area (Å²) in [6.07, 6.45) is 6.74. The zero-order chi connectivity index (χ0) is 16.7. The molecule has 1 unspecified atom stereocenters. The maximum Gasteiger partial charge on any atom is 0.131 e. The third kappa shape index (κ3) is 2.80. The van der Waals surface area contributed by atoms with Crippen LogP contribution in [0.2, 0.25) is 0 Å². The summed E-state index contributed by atoms with van der Waals surface area (Å²) in [7, 11) is 0. The molecular formula is C18H18N4S2. The van der Waals surface area contributed by atoms with Crippen LogP contribution in [-0.2, 0) is 6.42 Å². The standard InChI is InChI=1S/C18H18N4S2/c1-10(2)18-20-8-16-17(22-18)13(9-23-16)4-11(3)14-5-12-6-21-24-15(12)7-19-14/h5-11H,4H2,1-3H3. The fourth-order valence-electron chi connectivity index (χ4n) is 2.81. The van der Waals surface area contributed by atoms with Gasteiger partial charge in [0.25, 0.3) is 0 Å². The van der Waals surface area contributed by atoms with Crippen molar-refractivity contribution in [2.45, 2.75) is 39.0 Å². The zero-order valence-electron chi connectivity index (χ0n) is 13.9. The second-order valence-electron chi connectivity index (χ2n) is 6.43. The van der Waals surface area contributed by atoms with Gasteiger partial charge in [0.15, 0.2) is 0 Å². The van der Waals surface area contributed by atoms with Crippen LogP contribution in [0.5, 0.6) is 0 Å². The minimum absolute atomic E-state index is 0.338. The van der Waals surface area contributed by atoms with Crippen molar-refractivity contribution >= 4 is 43.2 Å². The molecule has 0 spiro atoms. The molecular weight excluding hydrogens is 336 g/mol. The van der Waals surface area contributed by atoms with Crippen LogP contribution < -0.4 is 0 Å². The summed E-state index contributed by atoms with van der Waals surface area (Å²) >= 11 is 3.21. The second kappa shape index (κ2) is 6.18. The van der Waals surface area contributed by atoms with E-state index in [-0.39, 0.29) is 0 Å². The molecule has 0 N–H and O–H groups in total. The van der Waals surface area contributed by atoms with Gasteiger partial charge in [-0.25, -0.2) is 9.97 Å². The van der Waals surface area contributed by atoms with E-state index in [0.717, 1.165) is 32.9 Å². The van der Waals surface area contributed by atoms with Crippen LogP contribution in [0.25, 0.3) is 20.3 Å². The Bertz CT molecular complexity index is 1000. The molecule has 0 aliphatic rings. The van der Waals surface area contributed by atoms with Gasteiger partial charge in [0, 0.05) is 41.5 Å². The molecule has 4 nitrogen and oxygen atoms in total. The Balaban J connectivity index is 1.66. The topological polar surface area (TPSA) is 51.6 Å². The number of nitrogens with zero attached hydrogens (tertiary/aromatic N) is 4. The van der Waals surface area contributed by atoms with E-state index >= 15 is 0 Å². The van der Waals surface area contributed by atoms with E-state index in [0.29, 0.717) is 11.8 Å². The van der Waals surface area contributed by atoms with Gasteiger partial charge in [-0.05, 0) is 35.0 Å². The van der Waals surface area contributed by atoms with Crippen LogP contribution in [0.4, 0.5) is 0 Å². The third-order valence-corrected chi connectivity index (χ3v) is 5.92. The number of thiophene rings is 1. The molecule has 4 aromatic rings. The Morgan fingerprint density at radius 3 is 2.71 bits per heavy atom. The minimum atomic E-state index is 0.338. The molecule has 122 valence electrons. The highest BCUT2D eigenvalue weighted by Gasteiger charge is 2.15. The molecule has 24 heavy (non-hydrogen) atoms. The van der Waals surface area contributed by atoms with Crippen LogP contribution >= 0.6 is 22.9 Å². The maximum atomic E-state index is 4.79. The second-order valence-corrected chi connectivity index (χ2v) is 8.18. The molecule has 4 heterocycles. The van der Waals surface area contributed by atoms with Gasteiger partial charge in [-0.2, -0.15) is 4.37 Å². The number of hydrogen-bond acceptors (Lipinski definition) is 6. The molecule has 0 fully saturated rings. The lowest BCUT2D eigenvalue weighted by molar-refractivity contribution is 0.734. The van der Waals surface area contributed by atoms with Crippen molar-refractivity contribution in [3.63, 3.8) is 0 Å². The average molecular weight is 355 g/mol. The molecule has 1 atom stereocenters. The Kier molecular flexibility index (Phi) is 4.02. The molecule has 4 aromatic heterocycles. The Labute approximate surface area is 148 Å². The summed E-state index contributed by atoms with van der Waals surface area (Å²) in [5.41, 5.74) is 3.50. The first kappa shape index (κ1) is 15.6. The molecule has 0 saturated carbocycles. The lowest BCUT2D eigenvalue weighted by Gasteiger charge is -2.10. The minimum Gasteiger partial charge on any atom is -0.259 e. The highest BCUT2D eigenvalue weighted by molar-refractivity contribution is 7.17. The number of aromatic nitrogens is 4. The first-order valence-electron chi connectivity index (χ1n) is 8.05. The van der Waals surface area contributed by atoms with E-state index < -0.39 is 0 Å². The zero-order valence-corrected chi connectivity index (χ0v) is 15.5. The monoisotopic (exact) mass is 354 g/mol. The van der Waals surface area contributed by atoms with E-state index in [1.807, 2.05) is 18.6 Å². The van der Waals surface area contributed by atoms with Gasteiger partial charge in [0.2, 0.25) is 0 Å². The van der Waals surface area contributed by atoms with Gasteiger partial charge in [0.05, 0.1) is 14.9 Å². The van der Waals surface area contributed by atoms with Gasteiger partial charge in [0.1, 0.15) is 5.82 Å². The van der Waals surface area contributed by atoms with Gasteiger partial charge in [-0.3, -0.25) is 4.98 Å². The highest BCUT2D eigenvalue weighted by atomic mass is 32.1. The molecule has 0 aliphatic carbocycles. The normalized spacial score (nSPS) is 13.2. The van der Waals surface area contributed by atoms with E-state index in [2.05, 4.69) is 46.6 Å². The summed E-state index contributed by atoms with van der Waals surface area (Å²) < 4.78 is 6.53. The van der Waals surface area contributed by atoms with E-state index in [1.54, 1.807) is 11.3 Å². The molecule has 0 bridgehead atoms. The molecule has 0 aliphatic heterocycles. The number of pyridine rings is 1. The lowest BCUT2D eigenvalue weighted by atomic mass is 9.98. The summed E-state index contributed by atoms with van der Waals surface area (Å²) in [4.78, 5) is 13.9. The summed E-state index contributed by atoms with van der Waals surface area (Å²) in [5.74, 6) is 1.60. The molecule has 0 radical (unpaired) electrons. The van der Waals surface area contributed by atoms with Crippen LogP contribution in [0.3, 0.4) is 0 Å². The smallest absolute Gasteiger partial charge is 0.131 e. The predicted molar refractivity (Wildman–Crippen MR) is 101 cm³/mol. The fraction of sp³-hybridized carbons (Fsp3) is 0.333. The molecule has 4 rings (SSSR count). The molecule has 6 heteroatoms. The Hall–Kier alpha value is -1.92. The van der Waals surface area contributed by atoms with E-state index in [9.17, 15) is 0 Å². The van der Waals surface area contributed by atoms with Gasteiger partial charge in [-0.15, -0.1) is 11.3 Å². The van der Waals surface area contributed by atoms with Crippen LogP contribution in [-0.4, -0.2) is 19.3 Å². The molecule has 0 saturated heterocycles. The van der Waals surface area contributed by atoms with Crippen molar-refractivity contribution in [1.29, 1.82) is 0 Å². The predicted octanol–water partition coefficient (Wildman–Crippen LogP) is 5.17. The molecule has 0 amide bonds. The van der Waals surface area contributed by atoms with Crippen molar-refractivity contribution in [3.8, 4) is 0 Å². The third-order valence-electron chi connectivity index (χ3n) is 4.22. The van der Waals surface area contributed by atoms with Gasteiger partial charge in [-0.1, -0.05) is 20.8 Å². The van der Waals surface area contributed by atoms with Crippen LogP contribution in [0.15, 0.2) is 30.0 Å². The quantitative estimate of drug-likeness (QED) is 0.507. The number of hydrogen-bond donors (Lipinski definition) is 0. The summed E-state index contributed by atoms with van der Waals surface area (Å²) in [6.45, 7) is 6.48. The summed E-state index contributed by atoms with van der Waals surface area (Å²) in [6, 6.07) is 2.16. The van der Waals surface area contributed by atoms with Crippen molar-refractivity contribution in [3.05, 3.63) is 47.1 Å². The SMILES string of the molecule is CC(C)c1ncc2scc(CC(C)c3cc4cnsc4cn3)c2n1. The van der Waals surface area contributed by atoms with Crippen molar-refractivity contribution < 1.29 is 0 Å². The lowest BCUT2D eigenvalue weighted by Crippen LogP contribution is -2.02. The fourth-order valence-corrected chi connectivity index (χ4v) is 4.29. The molecule has 0 aromatic carbocycles. The Morgan fingerprint density at radius 1 is 1.04 bits per heavy atom. The van der Waals surface area contributed by atoms with Crippen molar-refractivity contribution in [1.82, 2.24) is 19.3 Å². The largest absolute Gasteiger partial charge is 0.259 e. The highest BCUT2D eigenvalue weighted by Crippen LogP contribution is 2.30. The number of rotatable bonds is 4. The average Bonchev–Trinajstić information content (AvgIpc) is 3.20. The van der Waals surface area contributed by atoms with Crippen LogP contribution in [0, 0.1) is 0 Å². The van der Waals surface area contributed by atoms with Gasteiger partial charge < -0.3 is 0 Å². The van der Waals surface area contributed by atoms with Gasteiger partial charge >= 0.3 is 0 Å². The van der Waals surface area contributed by atoms with Crippen molar-refractivity contribution in [2.75, 3.05) is 0 Å². The van der Waals surface area contributed by atoms with E-state index in [1.165, 1.54) is 22.5 Å². The first-order valence-corrected chi connectivity index (χ1v) is 9.70. The maximum absolute atomic E-state index is 4.79. The first-order chi connectivity index (χ1) is 11.6.